The highest BCUT2D eigenvalue weighted by Gasteiger charge is 2.13. The Morgan fingerprint density at radius 2 is 1.76 bits per heavy atom. The van der Waals surface area contributed by atoms with E-state index >= 15 is 0 Å². The normalized spacial score (nSPS) is 12.7. The molecule has 0 aliphatic carbocycles. The van der Waals surface area contributed by atoms with Crippen molar-refractivity contribution >= 4 is 5.69 Å². The maximum atomic E-state index is 13.4. The minimum atomic E-state index is -0.217. The Labute approximate surface area is 128 Å². The molecule has 0 radical (unpaired) electrons. The molecule has 0 bridgehead atoms. The van der Waals surface area contributed by atoms with E-state index in [0.717, 1.165) is 50.4 Å². The van der Waals surface area contributed by atoms with Crippen LogP contribution in [0.2, 0.25) is 0 Å². The number of nitrogens with two attached hydrogens (primary N) is 1. The molecule has 1 aromatic rings. The number of rotatable bonds is 9. The third-order valence-electron chi connectivity index (χ3n) is 4.00. The Morgan fingerprint density at radius 3 is 2.29 bits per heavy atom. The highest BCUT2D eigenvalue weighted by Crippen LogP contribution is 2.26. The van der Waals surface area contributed by atoms with E-state index < -0.39 is 0 Å². The van der Waals surface area contributed by atoms with Crippen LogP contribution in [0.25, 0.3) is 0 Å². The Bertz CT molecular complexity index is 416. The SMILES string of the molecule is CCN(CC)CCCN(CC)c1ccc(F)cc1[C@@H](C)N. The summed E-state index contributed by atoms with van der Waals surface area (Å²) in [5.74, 6) is -0.217. The van der Waals surface area contributed by atoms with E-state index in [1.807, 2.05) is 13.0 Å². The van der Waals surface area contributed by atoms with E-state index in [9.17, 15) is 4.39 Å². The summed E-state index contributed by atoms with van der Waals surface area (Å²) in [6.45, 7) is 13.6. The van der Waals surface area contributed by atoms with Crippen LogP contribution >= 0.6 is 0 Å². The van der Waals surface area contributed by atoms with Crippen molar-refractivity contribution < 1.29 is 4.39 Å². The lowest BCUT2D eigenvalue weighted by Gasteiger charge is -2.28. The van der Waals surface area contributed by atoms with Crippen LogP contribution in [-0.4, -0.2) is 37.6 Å². The van der Waals surface area contributed by atoms with Crippen LogP contribution in [-0.2, 0) is 0 Å². The van der Waals surface area contributed by atoms with E-state index in [1.165, 1.54) is 6.07 Å². The van der Waals surface area contributed by atoms with Gasteiger partial charge in [-0.25, -0.2) is 4.39 Å². The molecule has 21 heavy (non-hydrogen) atoms. The van der Waals surface area contributed by atoms with Gasteiger partial charge in [0.15, 0.2) is 0 Å². The van der Waals surface area contributed by atoms with Gasteiger partial charge in [0.1, 0.15) is 5.82 Å². The van der Waals surface area contributed by atoms with Gasteiger partial charge in [0, 0.05) is 24.8 Å². The number of hydrogen-bond donors (Lipinski definition) is 1. The van der Waals surface area contributed by atoms with Crippen LogP contribution in [0.3, 0.4) is 0 Å². The van der Waals surface area contributed by atoms with Gasteiger partial charge in [0.05, 0.1) is 0 Å². The number of nitrogens with zero attached hydrogens (tertiary/aromatic N) is 2. The molecule has 0 aliphatic heterocycles. The minimum absolute atomic E-state index is 0.160. The zero-order chi connectivity index (χ0) is 15.8. The highest BCUT2D eigenvalue weighted by atomic mass is 19.1. The van der Waals surface area contributed by atoms with Gasteiger partial charge in [-0.1, -0.05) is 13.8 Å². The second-order valence-electron chi connectivity index (χ2n) is 5.45. The van der Waals surface area contributed by atoms with Crippen LogP contribution in [0.15, 0.2) is 18.2 Å². The van der Waals surface area contributed by atoms with Crippen molar-refractivity contribution in [2.75, 3.05) is 37.6 Å². The van der Waals surface area contributed by atoms with Crippen molar-refractivity contribution in [2.45, 2.75) is 40.2 Å². The lowest BCUT2D eigenvalue weighted by molar-refractivity contribution is 0.300. The third-order valence-corrected chi connectivity index (χ3v) is 4.00. The summed E-state index contributed by atoms with van der Waals surface area (Å²) in [4.78, 5) is 4.71. The van der Waals surface area contributed by atoms with Crippen molar-refractivity contribution in [3.05, 3.63) is 29.6 Å². The maximum absolute atomic E-state index is 13.4. The first-order chi connectivity index (χ1) is 10.0. The lowest BCUT2D eigenvalue weighted by atomic mass is 10.1. The molecule has 0 saturated carbocycles. The second kappa shape index (κ2) is 9.00. The van der Waals surface area contributed by atoms with E-state index in [4.69, 9.17) is 5.73 Å². The molecule has 0 unspecified atom stereocenters. The fraction of sp³-hybridized carbons (Fsp3) is 0.647. The molecule has 0 spiro atoms. The van der Waals surface area contributed by atoms with Crippen molar-refractivity contribution in [1.29, 1.82) is 0 Å². The summed E-state index contributed by atoms with van der Waals surface area (Å²) in [7, 11) is 0. The average Bonchev–Trinajstić information content (AvgIpc) is 2.48. The Morgan fingerprint density at radius 1 is 1.10 bits per heavy atom. The number of benzene rings is 1. The molecule has 1 atom stereocenters. The van der Waals surface area contributed by atoms with E-state index in [-0.39, 0.29) is 11.9 Å². The van der Waals surface area contributed by atoms with Gasteiger partial charge in [0.25, 0.3) is 0 Å². The molecule has 1 rings (SSSR count). The van der Waals surface area contributed by atoms with Gasteiger partial charge >= 0.3 is 0 Å². The monoisotopic (exact) mass is 295 g/mol. The number of hydrogen-bond acceptors (Lipinski definition) is 3. The summed E-state index contributed by atoms with van der Waals surface area (Å²) in [6.07, 6.45) is 1.10. The summed E-state index contributed by atoms with van der Waals surface area (Å²) in [5.41, 5.74) is 7.95. The Kier molecular flexibility index (Phi) is 7.68. The third kappa shape index (κ3) is 5.29. The fourth-order valence-corrected chi connectivity index (χ4v) is 2.65. The first-order valence-electron chi connectivity index (χ1n) is 8.05. The largest absolute Gasteiger partial charge is 0.371 e. The molecule has 0 amide bonds. The van der Waals surface area contributed by atoms with Gasteiger partial charge in [-0.2, -0.15) is 0 Å². The summed E-state index contributed by atoms with van der Waals surface area (Å²) >= 11 is 0. The molecular weight excluding hydrogens is 265 g/mol. The predicted octanol–water partition coefficient (Wildman–Crippen LogP) is 3.40. The lowest BCUT2D eigenvalue weighted by Crippen LogP contribution is -2.31. The zero-order valence-corrected chi connectivity index (χ0v) is 13.9. The summed E-state index contributed by atoms with van der Waals surface area (Å²) in [6, 6.07) is 4.78. The topological polar surface area (TPSA) is 32.5 Å². The molecule has 0 saturated heterocycles. The van der Waals surface area contributed by atoms with Crippen molar-refractivity contribution in [3.8, 4) is 0 Å². The van der Waals surface area contributed by atoms with E-state index in [2.05, 4.69) is 30.6 Å². The molecule has 0 aliphatic rings. The van der Waals surface area contributed by atoms with Crippen LogP contribution < -0.4 is 10.6 Å². The molecule has 0 aromatic heterocycles. The molecule has 0 fully saturated rings. The molecule has 120 valence electrons. The zero-order valence-electron chi connectivity index (χ0n) is 13.9. The molecule has 2 N–H and O–H groups in total. The average molecular weight is 295 g/mol. The minimum Gasteiger partial charge on any atom is -0.371 e. The number of anilines is 1. The van der Waals surface area contributed by atoms with Crippen LogP contribution in [0.1, 0.15) is 45.7 Å². The second-order valence-corrected chi connectivity index (χ2v) is 5.45. The van der Waals surface area contributed by atoms with Crippen molar-refractivity contribution in [2.24, 2.45) is 5.73 Å². The van der Waals surface area contributed by atoms with Crippen LogP contribution in [0.5, 0.6) is 0 Å². The van der Waals surface area contributed by atoms with Gasteiger partial charge in [0.2, 0.25) is 0 Å². The highest BCUT2D eigenvalue weighted by molar-refractivity contribution is 5.55. The molecule has 3 nitrogen and oxygen atoms in total. The van der Waals surface area contributed by atoms with Gasteiger partial charge in [-0.3, -0.25) is 0 Å². The van der Waals surface area contributed by atoms with Crippen molar-refractivity contribution in [3.63, 3.8) is 0 Å². The Balaban J connectivity index is 2.76. The van der Waals surface area contributed by atoms with Gasteiger partial charge in [-0.15, -0.1) is 0 Å². The predicted molar refractivity (Wildman–Crippen MR) is 89.3 cm³/mol. The van der Waals surface area contributed by atoms with E-state index in [0.29, 0.717) is 0 Å². The summed E-state index contributed by atoms with van der Waals surface area (Å²) in [5, 5.41) is 0. The van der Waals surface area contributed by atoms with Gasteiger partial charge in [-0.05, 0) is 63.7 Å². The summed E-state index contributed by atoms with van der Waals surface area (Å²) < 4.78 is 13.4. The molecule has 1 aromatic carbocycles. The Hall–Kier alpha value is -1.13. The first-order valence-corrected chi connectivity index (χ1v) is 8.05. The molecule has 4 heteroatoms. The smallest absolute Gasteiger partial charge is 0.123 e. The quantitative estimate of drug-likeness (QED) is 0.758. The van der Waals surface area contributed by atoms with Gasteiger partial charge < -0.3 is 15.5 Å². The molecular formula is C17H30FN3. The van der Waals surface area contributed by atoms with Crippen molar-refractivity contribution in [1.82, 2.24) is 4.90 Å². The fourth-order valence-electron chi connectivity index (χ4n) is 2.65. The maximum Gasteiger partial charge on any atom is 0.123 e. The van der Waals surface area contributed by atoms with E-state index in [1.54, 1.807) is 6.07 Å². The standard InChI is InChI=1S/C17H30FN3/c1-5-20(6-2)11-8-12-21(7-3)17-10-9-15(18)13-16(17)14(4)19/h9-10,13-14H,5-8,11-12,19H2,1-4H3/t14-/m1/s1. The molecule has 0 heterocycles. The number of halogens is 1. The van der Waals surface area contributed by atoms with Crippen LogP contribution in [0.4, 0.5) is 10.1 Å². The first kappa shape index (κ1) is 17.9. The van der Waals surface area contributed by atoms with Crippen LogP contribution in [0, 0.1) is 5.82 Å².